The molecule has 0 aromatic carbocycles. The van der Waals surface area contributed by atoms with Gasteiger partial charge in [0.15, 0.2) is 0 Å². The Morgan fingerprint density at radius 1 is 1.56 bits per heavy atom. The van der Waals surface area contributed by atoms with Crippen molar-refractivity contribution >= 4 is 0 Å². The van der Waals surface area contributed by atoms with Crippen LogP contribution < -0.4 is 0 Å². The normalized spacial score (nSPS) is 33.6. The molecule has 2 saturated heterocycles. The summed E-state index contributed by atoms with van der Waals surface area (Å²) in [6, 6.07) is 0. The molecule has 2 nitrogen and oxygen atoms in total. The SMILES string of the molecule is C/C(F)=C1\CN2CCC[C@@]2(COC(C)C)C1. The van der Waals surface area contributed by atoms with Crippen molar-refractivity contribution in [3.8, 4) is 0 Å². The Morgan fingerprint density at radius 3 is 2.94 bits per heavy atom. The van der Waals surface area contributed by atoms with E-state index >= 15 is 0 Å². The molecule has 2 fully saturated rings. The van der Waals surface area contributed by atoms with Gasteiger partial charge in [0.2, 0.25) is 0 Å². The van der Waals surface area contributed by atoms with Crippen LogP contribution in [0.1, 0.15) is 40.0 Å². The molecule has 0 N–H and O–H groups in total. The molecule has 0 aromatic rings. The molecule has 3 heteroatoms. The Morgan fingerprint density at radius 2 is 2.31 bits per heavy atom. The maximum absolute atomic E-state index is 13.3. The predicted octanol–water partition coefficient (Wildman–Crippen LogP) is 2.89. The number of nitrogens with zero attached hydrogens (tertiary/aromatic N) is 1. The maximum atomic E-state index is 13.3. The molecule has 1 atom stereocenters. The van der Waals surface area contributed by atoms with Crippen LogP contribution in [0, 0.1) is 0 Å². The van der Waals surface area contributed by atoms with Gasteiger partial charge in [0.1, 0.15) is 0 Å². The number of rotatable bonds is 3. The van der Waals surface area contributed by atoms with Gasteiger partial charge in [0, 0.05) is 12.1 Å². The van der Waals surface area contributed by atoms with Gasteiger partial charge in [-0.25, -0.2) is 4.39 Å². The second-order valence-electron chi connectivity index (χ2n) is 5.42. The maximum Gasteiger partial charge on any atom is 0.0974 e. The molecular weight excluding hydrogens is 205 g/mol. The molecule has 0 aromatic heterocycles. The standard InChI is InChI=1S/C13H22FNO/c1-10(2)16-9-13-5-4-6-15(13)8-12(7-13)11(3)14/h10H,4-9H2,1-3H3/b12-11+/t13-/m0/s1. The van der Waals surface area contributed by atoms with Crippen LogP contribution in [0.2, 0.25) is 0 Å². The van der Waals surface area contributed by atoms with E-state index in [9.17, 15) is 4.39 Å². The monoisotopic (exact) mass is 227 g/mol. The zero-order valence-corrected chi connectivity index (χ0v) is 10.6. The van der Waals surface area contributed by atoms with Gasteiger partial charge in [-0.05, 0) is 52.2 Å². The van der Waals surface area contributed by atoms with Gasteiger partial charge in [-0.15, -0.1) is 0 Å². The number of fused-ring (bicyclic) bond motifs is 1. The molecular formula is C13H22FNO. The van der Waals surface area contributed by atoms with E-state index in [0.29, 0.717) is 0 Å². The molecule has 0 spiro atoms. The highest BCUT2D eigenvalue weighted by Gasteiger charge is 2.47. The lowest BCUT2D eigenvalue weighted by Gasteiger charge is -2.32. The lowest BCUT2D eigenvalue weighted by atomic mass is 9.93. The molecule has 92 valence electrons. The van der Waals surface area contributed by atoms with Crippen LogP contribution in [0.3, 0.4) is 0 Å². The highest BCUT2D eigenvalue weighted by Crippen LogP contribution is 2.42. The average molecular weight is 227 g/mol. The Kier molecular flexibility index (Phi) is 3.36. The van der Waals surface area contributed by atoms with E-state index in [1.54, 1.807) is 6.92 Å². The number of halogens is 1. The number of ether oxygens (including phenoxy) is 1. The number of hydrogen-bond donors (Lipinski definition) is 0. The summed E-state index contributed by atoms with van der Waals surface area (Å²) in [6.07, 6.45) is 3.50. The molecule has 2 rings (SSSR count). The molecule has 0 radical (unpaired) electrons. The molecule has 0 bridgehead atoms. The minimum absolute atomic E-state index is 0.0123. The first-order valence-electron chi connectivity index (χ1n) is 6.24. The highest BCUT2D eigenvalue weighted by molar-refractivity contribution is 5.22. The van der Waals surface area contributed by atoms with E-state index in [0.717, 1.165) is 38.1 Å². The van der Waals surface area contributed by atoms with E-state index in [4.69, 9.17) is 4.74 Å². The Balaban J connectivity index is 2.09. The smallest absolute Gasteiger partial charge is 0.0974 e. The second kappa shape index (κ2) is 4.46. The van der Waals surface area contributed by atoms with Crippen molar-refractivity contribution < 1.29 is 9.13 Å². The van der Waals surface area contributed by atoms with E-state index in [2.05, 4.69) is 18.7 Å². The molecule has 0 saturated carbocycles. The molecule has 0 unspecified atom stereocenters. The summed E-state index contributed by atoms with van der Waals surface area (Å²) in [4.78, 5) is 2.41. The minimum atomic E-state index is 0.0123. The van der Waals surface area contributed by atoms with Crippen LogP contribution in [-0.4, -0.2) is 36.2 Å². The molecule has 2 aliphatic heterocycles. The summed E-state index contributed by atoms with van der Waals surface area (Å²) in [5, 5.41) is 0. The molecule has 0 amide bonds. The zero-order valence-electron chi connectivity index (χ0n) is 10.6. The van der Waals surface area contributed by atoms with E-state index in [1.807, 2.05) is 0 Å². The highest BCUT2D eigenvalue weighted by atomic mass is 19.1. The van der Waals surface area contributed by atoms with Crippen LogP contribution in [0.5, 0.6) is 0 Å². The fourth-order valence-corrected chi connectivity index (χ4v) is 2.89. The van der Waals surface area contributed by atoms with E-state index in [1.165, 1.54) is 6.42 Å². The van der Waals surface area contributed by atoms with Crippen LogP contribution >= 0.6 is 0 Å². The summed E-state index contributed by atoms with van der Waals surface area (Å²) in [5.41, 5.74) is 1.08. The third kappa shape index (κ3) is 2.16. The molecule has 2 heterocycles. The van der Waals surface area contributed by atoms with Gasteiger partial charge < -0.3 is 4.74 Å². The van der Waals surface area contributed by atoms with Crippen molar-refractivity contribution in [3.05, 3.63) is 11.4 Å². The average Bonchev–Trinajstić information content (AvgIpc) is 2.70. The second-order valence-corrected chi connectivity index (χ2v) is 5.42. The lowest BCUT2D eigenvalue weighted by Crippen LogP contribution is -2.43. The Hall–Kier alpha value is -0.410. The predicted molar refractivity (Wildman–Crippen MR) is 63.1 cm³/mol. The number of allylic oxidation sites excluding steroid dienone is 1. The Bertz CT molecular complexity index is 296. The van der Waals surface area contributed by atoms with Crippen molar-refractivity contribution in [1.29, 1.82) is 0 Å². The van der Waals surface area contributed by atoms with E-state index in [-0.39, 0.29) is 17.5 Å². The lowest BCUT2D eigenvalue weighted by molar-refractivity contribution is 0.00328. The van der Waals surface area contributed by atoms with Crippen molar-refractivity contribution in [2.45, 2.75) is 51.7 Å². The molecule has 0 aliphatic carbocycles. The summed E-state index contributed by atoms with van der Waals surface area (Å²) < 4.78 is 19.1. The fourth-order valence-electron chi connectivity index (χ4n) is 2.89. The van der Waals surface area contributed by atoms with Gasteiger partial charge in [0.05, 0.1) is 18.5 Å². The van der Waals surface area contributed by atoms with Gasteiger partial charge >= 0.3 is 0 Å². The molecule has 2 aliphatic rings. The van der Waals surface area contributed by atoms with Crippen molar-refractivity contribution in [1.82, 2.24) is 4.90 Å². The van der Waals surface area contributed by atoms with Crippen molar-refractivity contribution in [3.63, 3.8) is 0 Å². The fraction of sp³-hybridized carbons (Fsp3) is 0.846. The molecule has 16 heavy (non-hydrogen) atoms. The summed E-state index contributed by atoms with van der Waals surface area (Å²) >= 11 is 0. The van der Waals surface area contributed by atoms with Crippen LogP contribution in [-0.2, 0) is 4.74 Å². The quantitative estimate of drug-likeness (QED) is 0.735. The zero-order chi connectivity index (χ0) is 11.8. The first-order chi connectivity index (χ1) is 7.53. The minimum Gasteiger partial charge on any atom is -0.377 e. The van der Waals surface area contributed by atoms with Gasteiger partial charge in [-0.2, -0.15) is 0 Å². The topological polar surface area (TPSA) is 12.5 Å². The summed E-state index contributed by atoms with van der Waals surface area (Å²) in [5.74, 6) is 0.0123. The van der Waals surface area contributed by atoms with Gasteiger partial charge in [-0.3, -0.25) is 4.90 Å². The largest absolute Gasteiger partial charge is 0.377 e. The Labute approximate surface area is 97.5 Å². The number of hydrogen-bond acceptors (Lipinski definition) is 2. The van der Waals surface area contributed by atoms with Gasteiger partial charge in [-0.1, -0.05) is 0 Å². The van der Waals surface area contributed by atoms with Crippen molar-refractivity contribution in [2.24, 2.45) is 0 Å². The summed E-state index contributed by atoms with van der Waals surface area (Å²) in [6.45, 7) is 8.35. The summed E-state index contributed by atoms with van der Waals surface area (Å²) in [7, 11) is 0. The van der Waals surface area contributed by atoms with Crippen LogP contribution in [0.25, 0.3) is 0 Å². The van der Waals surface area contributed by atoms with Crippen LogP contribution in [0.4, 0.5) is 4.39 Å². The van der Waals surface area contributed by atoms with E-state index < -0.39 is 0 Å². The first-order valence-corrected chi connectivity index (χ1v) is 6.24. The third-order valence-corrected chi connectivity index (χ3v) is 3.84. The third-order valence-electron chi connectivity index (χ3n) is 3.84. The van der Waals surface area contributed by atoms with Crippen LogP contribution in [0.15, 0.2) is 11.4 Å². The van der Waals surface area contributed by atoms with Gasteiger partial charge in [0.25, 0.3) is 0 Å². The first kappa shape index (κ1) is 12.1. The van der Waals surface area contributed by atoms with Crippen molar-refractivity contribution in [2.75, 3.05) is 19.7 Å².